The van der Waals surface area contributed by atoms with E-state index < -0.39 is 17.9 Å². The van der Waals surface area contributed by atoms with Gasteiger partial charge in [-0.2, -0.15) is 0 Å². The molecular weight excluding hydrogens is 222 g/mol. The number of carbonyl (C=O) groups excluding carboxylic acids is 1. The van der Waals surface area contributed by atoms with Crippen LogP contribution in [-0.2, 0) is 9.59 Å². The highest BCUT2D eigenvalue weighted by Crippen LogP contribution is 2.31. The number of carboxylic acids is 1. The molecule has 5 heteroatoms. The number of hydrogen-bond donors (Lipinski definition) is 2. The summed E-state index contributed by atoms with van der Waals surface area (Å²) in [6.07, 6.45) is 0.0250. The number of aliphatic carboxylic acids is 1. The highest BCUT2D eigenvalue weighted by molar-refractivity contribution is 5.87. The molecule has 2 rings (SSSR count). The van der Waals surface area contributed by atoms with Crippen LogP contribution in [0.1, 0.15) is 18.0 Å². The maximum Gasteiger partial charge on any atom is 0.309 e. The Morgan fingerprint density at radius 3 is 2.94 bits per heavy atom. The van der Waals surface area contributed by atoms with Crippen LogP contribution in [-0.4, -0.2) is 24.1 Å². The van der Waals surface area contributed by atoms with E-state index in [2.05, 4.69) is 5.32 Å². The lowest BCUT2D eigenvalue weighted by atomic mass is 9.94. The van der Waals surface area contributed by atoms with Crippen molar-refractivity contribution in [1.82, 2.24) is 5.32 Å². The van der Waals surface area contributed by atoms with Gasteiger partial charge in [-0.05, 0) is 17.7 Å². The molecule has 2 atom stereocenters. The number of nitrogens with one attached hydrogen (secondary N) is 1. The van der Waals surface area contributed by atoms with Crippen LogP contribution >= 0.6 is 0 Å². The van der Waals surface area contributed by atoms with Gasteiger partial charge in [0.2, 0.25) is 5.91 Å². The number of rotatable bonds is 3. The summed E-state index contributed by atoms with van der Waals surface area (Å²) >= 11 is 0. The quantitative estimate of drug-likeness (QED) is 0.818. The second-order valence-corrected chi connectivity index (χ2v) is 3.97. The summed E-state index contributed by atoms with van der Waals surface area (Å²) in [6, 6.07) is 6.60. The molecular formula is C12H13NO4. The van der Waals surface area contributed by atoms with E-state index in [1.807, 2.05) is 0 Å². The molecule has 0 unspecified atom stereocenters. The summed E-state index contributed by atoms with van der Waals surface area (Å²) in [5.41, 5.74) is 0.752. The SMILES string of the molecule is COc1cccc([C@@H]2NC(=O)C[C@H]2C(=O)O)c1. The van der Waals surface area contributed by atoms with Gasteiger partial charge < -0.3 is 15.2 Å². The van der Waals surface area contributed by atoms with Gasteiger partial charge in [0.1, 0.15) is 5.75 Å². The molecule has 0 radical (unpaired) electrons. The number of hydrogen-bond acceptors (Lipinski definition) is 3. The fourth-order valence-electron chi connectivity index (χ4n) is 2.03. The molecule has 1 fully saturated rings. The molecule has 0 aromatic heterocycles. The molecule has 0 bridgehead atoms. The number of carboxylic acid groups (broad SMARTS) is 1. The minimum Gasteiger partial charge on any atom is -0.497 e. The molecule has 0 spiro atoms. The standard InChI is InChI=1S/C12H13NO4/c1-17-8-4-2-3-7(5-8)11-9(12(15)16)6-10(14)13-11/h2-5,9,11H,6H2,1H3,(H,13,14)(H,15,16)/t9-,11+/m1/s1. The molecule has 1 aromatic rings. The second kappa shape index (κ2) is 4.45. The minimum absolute atomic E-state index is 0.0250. The van der Waals surface area contributed by atoms with Crippen molar-refractivity contribution < 1.29 is 19.4 Å². The second-order valence-electron chi connectivity index (χ2n) is 3.97. The Morgan fingerprint density at radius 2 is 2.29 bits per heavy atom. The van der Waals surface area contributed by atoms with E-state index >= 15 is 0 Å². The van der Waals surface area contributed by atoms with E-state index in [1.165, 1.54) is 0 Å². The third kappa shape index (κ3) is 2.22. The molecule has 1 amide bonds. The molecule has 5 nitrogen and oxygen atoms in total. The van der Waals surface area contributed by atoms with Crippen LogP contribution in [0.3, 0.4) is 0 Å². The maximum atomic E-state index is 11.3. The third-order valence-corrected chi connectivity index (χ3v) is 2.89. The Kier molecular flexibility index (Phi) is 2.99. The van der Waals surface area contributed by atoms with Crippen LogP contribution in [0.5, 0.6) is 5.75 Å². The van der Waals surface area contributed by atoms with Crippen LogP contribution in [0.4, 0.5) is 0 Å². The van der Waals surface area contributed by atoms with E-state index in [0.29, 0.717) is 5.75 Å². The Bertz CT molecular complexity index is 458. The Balaban J connectivity index is 2.31. The molecule has 0 saturated carbocycles. The van der Waals surface area contributed by atoms with Crippen LogP contribution in [0.2, 0.25) is 0 Å². The van der Waals surface area contributed by atoms with E-state index in [-0.39, 0.29) is 12.3 Å². The summed E-state index contributed by atoms with van der Waals surface area (Å²) in [5.74, 6) is -1.26. The smallest absolute Gasteiger partial charge is 0.309 e. The molecule has 0 aliphatic carbocycles. The topological polar surface area (TPSA) is 75.6 Å². The fourth-order valence-corrected chi connectivity index (χ4v) is 2.03. The van der Waals surface area contributed by atoms with Gasteiger partial charge >= 0.3 is 5.97 Å². The Morgan fingerprint density at radius 1 is 1.53 bits per heavy atom. The van der Waals surface area contributed by atoms with E-state index in [1.54, 1.807) is 31.4 Å². The van der Waals surface area contributed by atoms with Crippen molar-refractivity contribution in [3.8, 4) is 5.75 Å². The average molecular weight is 235 g/mol. The largest absolute Gasteiger partial charge is 0.497 e. The molecule has 17 heavy (non-hydrogen) atoms. The minimum atomic E-state index is -0.962. The Hall–Kier alpha value is -2.04. The maximum absolute atomic E-state index is 11.3. The van der Waals surface area contributed by atoms with Gasteiger partial charge in [-0.15, -0.1) is 0 Å². The van der Waals surface area contributed by atoms with Gasteiger partial charge in [-0.25, -0.2) is 0 Å². The van der Waals surface area contributed by atoms with Gasteiger partial charge in [0.15, 0.2) is 0 Å². The molecule has 1 saturated heterocycles. The molecule has 1 aromatic carbocycles. The van der Waals surface area contributed by atoms with E-state index in [4.69, 9.17) is 9.84 Å². The van der Waals surface area contributed by atoms with Crippen molar-refractivity contribution >= 4 is 11.9 Å². The third-order valence-electron chi connectivity index (χ3n) is 2.89. The lowest BCUT2D eigenvalue weighted by Gasteiger charge is -2.16. The molecule has 1 aliphatic heterocycles. The molecule has 2 N–H and O–H groups in total. The molecule has 1 aliphatic rings. The van der Waals surface area contributed by atoms with Crippen molar-refractivity contribution in [2.45, 2.75) is 12.5 Å². The summed E-state index contributed by atoms with van der Waals surface area (Å²) in [4.78, 5) is 22.4. The van der Waals surface area contributed by atoms with Crippen LogP contribution in [0, 0.1) is 5.92 Å². The lowest BCUT2D eigenvalue weighted by Crippen LogP contribution is -2.24. The van der Waals surface area contributed by atoms with Crippen LogP contribution in [0.25, 0.3) is 0 Å². The zero-order valence-electron chi connectivity index (χ0n) is 9.34. The first-order valence-corrected chi connectivity index (χ1v) is 5.28. The molecule has 1 heterocycles. The zero-order valence-corrected chi connectivity index (χ0v) is 9.34. The lowest BCUT2D eigenvalue weighted by molar-refractivity contribution is -0.142. The monoisotopic (exact) mass is 235 g/mol. The van der Waals surface area contributed by atoms with Crippen molar-refractivity contribution in [2.24, 2.45) is 5.92 Å². The summed E-state index contributed by atoms with van der Waals surface area (Å²) in [6.45, 7) is 0. The normalized spacial score (nSPS) is 23.2. The van der Waals surface area contributed by atoms with Gasteiger partial charge in [0.25, 0.3) is 0 Å². The number of benzene rings is 1. The van der Waals surface area contributed by atoms with Gasteiger partial charge in [-0.1, -0.05) is 12.1 Å². The first-order valence-electron chi connectivity index (χ1n) is 5.28. The van der Waals surface area contributed by atoms with Crippen molar-refractivity contribution in [3.63, 3.8) is 0 Å². The first kappa shape index (κ1) is 11.4. The molecule has 90 valence electrons. The van der Waals surface area contributed by atoms with Crippen molar-refractivity contribution in [3.05, 3.63) is 29.8 Å². The first-order chi connectivity index (χ1) is 8.11. The summed E-state index contributed by atoms with van der Waals surface area (Å²) < 4.78 is 5.08. The van der Waals surface area contributed by atoms with E-state index in [9.17, 15) is 9.59 Å². The highest BCUT2D eigenvalue weighted by atomic mass is 16.5. The average Bonchev–Trinajstić information content (AvgIpc) is 2.72. The predicted molar refractivity (Wildman–Crippen MR) is 59.6 cm³/mol. The van der Waals surface area contributed by atoms with Crippen LogP contribution in [0.15, 0.2) is 24.3 Å². The van der Waals surface area contributed by atoms with Gasteiger partial charge in [0.05, 0.1) is 19.1 Å². The number of carbonyl (C=O) groups is 2. The Labute approximate surface area is 98.4 Å². The van der Waals surface area contributed by atoms with Crippen LogP contribution < -0.4 is 10.1 Å². The predicted octanol–water partition coefficient (Wildman–Crippen LogP) is 0.957. The van der Waals surface area contributed by atoms with Crippen molar-refractivity contribution in [1.29, 1.82) is 0 Å². The van der Waals surface area contributed by atoms with Crippen molar-refractivity contribution in [2.75, 3.05) is 7.11 Å². The van der Waals surface area contributed by atoms with E-state index in [0.717, 1.165) is 5.56 Å². The summed E-state index contributed by atoms with van der Waals surface area (Å²) in [5, 5.41) is 11.7. The fraction of sp³-hybridized carbons (Fsp3) is 0.333. The summed E-state index contributed by atoms with van der Waals surface area (Å²) in [7, 11) is 1.54. The zero-order chi connectivity index (χ0) is 12.4. The highest BCUT2D eigenvalue weighted by Gasteiger charge is 2.38. The number of methoxy groups -OCH3 is 1. The number of ether oxygens (including phenoxy) is 1. The van der Waals surface area contributed by atoms with Gasteiger partial charge in [0, 0.05) is 6.42 Å². The number of amides is 1. The van der Waals surface area contributed by atoms with Gasteiger partial charge in [-0.3, -0.25) is 9.59 Å².